The van der Waals surface area contributed by atoms with Crippen LogP contribution in [0.15, 0.2) is 0 Å². The van der Waals surface area contributed by atoms with Crippen LogP contribution >= 0.6 is 0 Å². The highest BCUT2D eigenvalue weighted by molar-refractivity contribution is 5.74. The molecule has 0 aromatic carbocycles. The highest BCUT2D eigenvalue weighted by Crippen LogP contribution is 2.21. The number of likely N-dealkylation sites (tertiary alicyclic amines) is 1. The highest BCUT2D eigenvalue weighted by atomic mass is 16.5. The molecule has 2 aliphatic rings. The number of hydrogen-bond acceptors (Lipinski definition) is 5. The van der Waals surface area contributed by atoms with E-state index in [1.807, 2.05) is 0 Å². The van der Waals surface area contributed by atoms with Crippen LogP contribution in [-0.2, 0) is 9.53 Å². The number of urea groups is 1. The molecule has 2 rings (SSSR count). The quantitative estimate of drug-likeness (QED) is 0.638. The standard InChI is InChI=1S/C20H38N4O4/c1-15(2)18(23-7-5-16(3)6-8-23)11-21-20(27)24-9-10-28-17(13-24)12-22(4)14-19(25)26/h15-18H,5-14H2,1-4H3,(H,21,27)(H,25,26). The summed E-state index contributed by atoms with van der Waals surface area (Å²) in [5.41, 5.74) is 0. The zero-order valence-electron chi connectivity index (χ0n) is 17.9. The van der Waals surface area contributed by atoms with Crippen molar-refractivity contribution in [3.05, 3.63) is 0 Å². The van der Waals surface area contributed by atoms with Gasteiger partial charge in [-0.15, -0.1) is 0 Å². The van der Waals surface area contributed by atoms with Crippen molar-refractivity contribution in [3.8, 4) is 0 Å². The number of morpholine rings is 1. The Hall–Kier alpha value is -1.38. The van der Waals surface area contributed by atoms with Crippen molar-refractivity contribution in [1.29, 1.82) is 0 Å². The molecule has 0 saturated carbocycles. The van der Waals surface area contributed by atoms with Crippen LogP contribution in [0.4, 0.5) is 4.79 Å². The van der Waals surface area contributed by atoms with Gasteiger partial charge in [0.1, 0.15) is 0 Å². The summed E-state index contributed by atoms with van der Waals surface area (Å²) < 4.78 is 5.72. The van der Waals surface area contributed by atoms with Gasteiger partial charge in [0, 0.05) is 32.2 Å². The third kappa shape index (κ3) is 7.22. The van der Waals surface area contributed by atoms with E-state index in [1.54, 1.807) is 16.8 Å². The minimum Gasteiger partial charge on any atom is -0.480 e. The van der Waals surface area contributed by atoms with Gasteiger partial charge in [-0.1, -0.05) is 20.8 Å². The van der Waals surface area contributed by atoms with Crippen molar-refractivity contribution in [3.63, 3.8) is 0 Å². The normalized spacial score (nSPS) is 23.2. The van der Waals surface area contributed by atoms with Crippen molar-refractivity contribution < 1.29 is 19.4 Å². The van der Waals surface area contributed by atoms with E-state index in [4.69, 9.17) is 9.84 Å². The third-order valence-corrected chi connectivity index (χ3v) is 5.87. The minimum absolute atomic E-state index is 0.0312. The molecule has 2 unspecified atom stereocenters. The number of amides is 2. The van der Waals surface area contributed by atoms with Gasteiger partial charge in [0.2, 0.25) is 0 Å². The maximum absolute atomic E-state index is 12.7. The van der Waals surface area contributed by atoms with Gasteiger partial charge < -0.3 is 20.1 Å². The molecule has 8 nitrogen and oxygen atoms in total. The zero-order valence-corrected chi connectivity index (χ0v) is 17.9. The number of carbonyl (C=O) groups is 2. The number of rotatable bonds is 8. The summed E-state index contributed by atoms with van der Waals surface area (Å²) >= 11 is 0. The molecule has 2 N–H and O–H groups in total. The maximum atomic E-state index is 12.7. The second-order valence-corrected chi connectivity index (χ2v) is 8.75. The fourth-order valence-electron chi connectivity index (χ4n) is 4.11. The molecule has 0 spiro atoms. The zero-order chi connectivity index (χ0) is 20.7. The molecule has 0 aromatic heterocycles. The number of carbonyl (C=O) groups excluding carboxylic acids is 1. The van der Waals surface area contributed by atoms with Crippen LogP contribution < -0.4 is 5.32 Å². The summed E-state index contributed by atoms with van der Waals surface area (Å²) in [6, 6.07) is 0.306. The van der Waals surface area contributed by atoms with Crippen LogP contribution in [0.5, 0.6) is 0 Å². The second-order valence-electron chi connectivity index (χ2n) is 8.75. The molecule has 0 bridgehead atoms. The Morgan fingerprint density at radius 1 is 1.25 bits per heavy atom. The number of carboxylic acids is 1. The predicted molar refractivity (Wildman–Crippen MR) is 108 cm³/mol. The van der Waals surface area contributed by atoms with E-state index >= 15 is 0 Å². The molecule has 0 radical (unpaired) electrons. The number of nitrogens with zero attached hydrogens (tertiary/aromatic N) is 3. The molecule has 2 saturated heterocycles. The van der Waals surface area contributed by atoms with E-state index in [9.17, 15) is 9.59 Å². The van der Waals surface area contributed by atoms with Crippen LogP contribution in [0.25, 0.3) is 0 Å². The van der Waals surface area contributed by atoms with E-state index in [0.717, 1.165) is 19.0 Å². The Labute approximate surface area is 169 Å². The SMILES string of the molecule is CC1CCN(C(CNC(=O)N2CCOC(CN(C)CC(=O)O)C2)C(C)C)CC1. The molecule has 2 amide bonds. The Morgan fingerprint density at radius 3 is 2.54 bits per heavy atom. The van der Waals surface area contributed by atoms with Gasteiger partial charge in [-0.3, -0.25) is 14.6 Å². The van der Waals surface area contributed by atoms with Gasteiger partial charge in [0.25, 0.3) is 0 Å². The topological polar surface area (TPSA) is 85.4 Å². The van der Waals surface area contributed by atoms with Crippen molar-refractivity contribution in [1.82, 2.24) is 20.0 Å². The van der Waals surface area contributed by atoms with E-state index in [2.05, 4.69) is 31.0 Å². The first kappa shape index (κ1) is 22.9. The van der Waals surface area contributed by atoms with Gasteiger partial charge >= 0.3 is 12.0 Å². The molecule has 0 aromatic rings. The second kappa shape index (κ2) is 11.0. The summed E-state index contributed by atoms with van der Waals surface area (Å²) in [6.45, 7) is 11.6. The van der Waals surface area contributed by atoms with Crippen molar-refractivity contribution in [2.45, 2.75) is 45.8 Å². The fraction of sp³-hybridized carbons (Fsp3) is 0.900. The average Bonchev–Trinajstić information content (AvgIpc) is 2.62. The van der Waals surface area contributed by atoms with E-state index in [0.29, 0.717) is 44.7 Å². The van der Waals surface area contributed by atoms with Gasteiger partial charge in [-0.2, -0.15) is 0 Å². The number of piperidine rings is 1. The number of likely N-dealkylation sites (N-methyl/N-ethyl adjacent to an activating group) is 1. The molecule has 2 atom stereocenters. The smallest absolute Gasteiger partial charge is 0.317 e. The van der Waals surface area contributed by atoms with Crippen molar-refractivity contribution >= 4 is 12.0 Å². The first-order valence-electron chi connectivity index (χ1n) is 10.5. The van der Waals surface area contributed by atoms with Gasteiger partial charge in [-0.25, -0.2) is 4.79 Å². The molecule has 28 heavy (non-hydrogen) atoms. The summed E-state index contributed by atoms with van der Waals surface area (Å²) in [7, 11) is 1.75. The molecule has 0 aliphatic carbocycles. The lowest BCUT2D eigenvalue weighted by molar-refractivity contribution is -0.138. The maximum Gasteiger partial charge on any atom is 0.317 e. The summed E-state index contributed by atoms with van der Waals surface area (Å²) in [5, 5.41) is 12.0. The fourth-order valence-corrected chi connectivity index (χ4v) is 4.11. The van der Waals surface area contributed by atoms with Crippen LogP contribution in [0, 0.1) is 11.8 Å². The largest absolute Gasteiger partial charge is 0.480 e. The Kier molecular flexibility index (Phi) is 8.98. The summed E-state index contributed by atoms with van der Waals surface area (Å²) in [5.74, 6) is 0.416. The van der Waals surface area contributed by atoms with Gasteiger partial charge in [0.15, 0.2) is 0 Å². The van der Waals surface area contributed by atoms with Crippen LogP contribution in [0.2, 0.25) is 0 Å². The molecular formula is C20H38N4O4. The number of hydrogen-bond donors (Lipinski definition) is 2. The average molecular weight is 399 g/mol. The molecular weight excluding hydrogens is 360 g/mol. The summed E-state index contributed by atoms with van der Waals surface area (Å²) in [6.07, 6.45) is 2.30. The molecule has 2 aliphatic heterocycles. The molecule has 162 valence electrons. The Bertz CT molecular complexity index is 508. The third-order valence-electron chi connectivity index (χ3n) is 5.87. The van der Waals surface area contributed by atoms with Crippen LogP contribution in [-0.4, -0.2) is 103 Å². The molecule has 2 heterocycles. The summed E-state index contributed by atoms with van der Waals surface area (Å²) in [4.78, 5) is 29.5. The Morgan fingerprint density at radius 2 is 1.93 bits per heavy atom. The van der Waals surface area contributed by atoms with Gasteiger partial charge in [0.05, 0.1) is 19.3 Å². The van der Waals surface area contributed by atoms with Crippen LogP contribution in [0.3, 0.4) is 0 Å². The van der Waals surface area contributed by atoms with E-state index < -0.39 is 5.97 Å². The van der Waals surface area contributed by atoms with E-state index in [-0.39, 0.29) is 18.7 Å². The van der Waals surface area contributed by atoms with Crippen molar-refractivity contribution in [2.75, 3.05) is 59.5 Å². The lowest BCUT2D eigenvalue weighted by Gasteiger charge is -2.39. The number of carboxylic acid groups (broad SMARTS) is 1. The first-order valence-corrected chi connectivity index (χ1v) is 10.5. The number of aliphatic carboxylic acids is 1. The lowest BCUT2D eigenvalue weighted by Crippen LogP contribution is -2.55. The monoisotopic (exact) mass is 398 g/mol. The minimum atomic E-state index is -0.861. The van der Waals surface area contributed by atoms with Crippen molar-refractivity contribution in [2.24, 2.45) is 11.8 Å². The highest BCUT2D eigenvalue weighted by Gasteiger charge is 2.29. The predicted octanol–water partition coefficient (Wildman–Crippen LogP) is 1.17. The molecule has 8 heteroatoms. The molecule has 2 fully saturated rings. The van der Waals surface area contributed by atoms with E-state index in [1.165, 1.54) is 12.8 Å². The number of ether oxygens (including phenoxy) is 1. The number of nitrogens with one attached hydrogen (secondary N) is 1. The van der Waals surface area contributed by atoms with Gasteiger partial charge in [-0.05, 0) is 44.8 Å². The first-order chi connectivity index (χ1) is 13.3. The van der Waals surface area contributed by atoms with Crippen LogP contribution in [0.1, 0.15) is 33.6 Å². The Balaban J connectivity index is 1.81. The lowest BCUT2D eigenvalue weighted by atomic mass is 9.94.